The first-order chi connectivity index (χ1) is 7.56. The molecule has 0 spiro atoms. The first-order valence-corrected chi connectivity index (χ1v) is 5.63. The number of fused-ring (bicyclic) bond motifs is 1. The topological polar surface area (TPSA) is 38.7 Å². The zero-order valence-corrected chi connectivity index (χ0v) is 10.3. The molecule has 0 saturated carbocycles. The van der Waals surface area contributed by atoms with Crippen molar-refractivity contribution in [1.82, 2.24) is 0 Å². The Hall–Kier alpha value is -0.770. The third-order valence-corrected chi connectivity index (χ3v) is 3.38. The zero-order chi connectivity index (χ0) is 11.9. The molecule has 0 bridgehead atoms. The molecular weight excluding hydrogens is 228 g/mol. The maximum atomic E-state index is 10.1. The minimum absolute atomic E-state index is 0.0585. The van der Waals surface area contributed by atoms with E-state index < -0.39 is 6.10 Å². The molecule has 88 valence electrons. The Labute approximate surface area is 99.9 Å². The van der Waals surface area contributed by atoms with E-state index in [0.717, 1.165) is 11.1 Å². The summed E-state index contributed by atoms with van der Waals surface area (Å²) in [5.74, 6) is 0.584. The predicted octanol–water partition coefficient (Wildman–Crippen LogP) is 2.86. The molecule has 0 saturated heterocycles. The van der Waals surface area contributed by atoms with Crippen molar-refractivity contribution in [3.63, 3.8) is 0 Å². The summed E-state index contributed by atoms with van der Waals surface area (Å²) < 4.78 is 10.7. The third kappa shape index (κ3) is 1.69. The molecule has 0 aromatic heterocycles. The maximum Gasteiger partial charge on any atom is 0.137 e. The van der Waals surface area contributed by atoms with Crippen LogP contribution in [0.3, 0.4) is 0 Å². The second-order valence-electron chi connectivity index (χ2n) is 4.01. The van der Waals surface area contributed by atoms with Crippen molar-refractivity contribution in [3.8, 4) is 5.75 Å². The fourth-order valence-corrected chi connectivity index (χ4v) is 2.47. The molecule has 0 fully saturated rings. The van der Waals surface area contributed by atoms with Crippen LogP contribution in [-0.4, -0.2) is 18.3 Å². The highest BCUT2D eigenvalue weighted by molar-refractivity contribution is 6.33. The number of ether oxygens (including phenoxy) is 2. The van der Waals surface area contributed by atoms with Crippen LogP contribution < -0.4 is 4.74 Å². The monoisotopic (exact) mass is 242 g/mol. The number of aliphatic hydroxyl groups is 1. The highest BCUT2D eigenvalue weighted by atomic mass is 35.5. The fourth-order valence-electron chi connectivity index (χ4n) is 2.11. The van der Waals surface area contributed by atoms with E-state index in [-0.39, 0.29) is 12.2 Å². The minimum atomic E-state index is -0.700. The second kappa shape index (κ2) is 4.24. The maximum absolute atomic E-state index is 10.1. The van der Waals surface area contributed by atoms with Crippen molar-refractivity contribution in [3.05, 3.63) is 28.3 Å². The van der Waals surface area contributed by atoms with Gasteiger partial charge in [0, 0.05) is 5.56 Å². The van der Waals surface area contributed by atoms with Crippen LogP contribution in [0.4, 0.5) is 0 Å². The normalized spacial score (nSPS) is 28.7. The van der Waals surface area contributed by atoms with E-state index in [4.69, 9.17) is 21.1 Å². The van der Waals surface area contributed by atoms with E-state index in [1.807, 2.05) is 19.9 Å². The first-order valence-electron chi connectivity index (χ1n) is 5.26. The number of benzene rings is 1. The van der Waals surface area contributed by atoms with Crippen LogP contribution in [-0.2, 0) is 4.74 Å². The van der Waals surface area contributed by atoms with Gasteiger partial charge in [0.25, 0.3) is 0 Å². The summed E-state index contributed by atoms with van der Waals surface area (Å²) in [7, 11) is 1.56. The van der Waals surface area contributed by atoms with E-state index in [2.05, 4.69) is 0 Å². The molecular formula is C12H15ClO3. The summed E-state index contributed by atoms with van der Waals surface area (Å²) in [5, 5.41) is 10.6. The van der Waals surface area contributed by atoms with Crippen LogP contribution in [0, 0.1) is 0 Å². The number of hydrogen-bond acceptors (Lipinski definition) is 3. The minimum Gasteiger partial charge on any atom is -0.495 e. The van der Waals surface area contributed by atoms with Crippen LogP contribution in [0.1, 0.15) is 37.2 Å². The van der Waals surface area contributed by atoms with Gasteiger partial charge in [0.05, 0.1) is 24.3 Å². The molecule has 1 N–H and O–H groups in total. The van der Waals surface area contributed by atoms with Gasteiger partial charge >= 0.3 is 0 Å². The average Bonchev–Trinajstić information content (AvgIpc) is 2.26. The molecule has 16 heavy (non-hydrogen) atoms. The van der Waals surface area contributed by atoms with Gasteiger partial charge in [-0.15, -0.1) is 0 Å². The van der Waals surface area contributed by atoms with Gasteiger partial charge in [-0.25, -0.2) is 0 Å². The number of aliphatic hydroxyl groups excluding tert-OH is 1. The van der Waals surface area contributed by atoms with E-state index in [1.54, 1.807) is 13.2 Å². The highest BCUT2D eigenvalue weighted by Crippen LogP contribution is 2.43. The van der Waals surface area contributed by atoms with E-state index >= 15 is 0 Å². The summed E-state index contributed by atoms with van der Waals surface area (Å²) >= 11 is 6.21. The first kappa shape index (κ1) is 11.7. The number of hydrogen-bond donors (Lipinski definition) is 1. The summed E-state index contributed by atoms with van der Waals surface area (Å²) in [5.41, 5.74) is 1.66. The lowest BCUT2D eigenvalue weighted by Crippen LogP contribution is -2.27. The zero-order valence-electron chi connectivity index (χ0n) is 9.53. The van der Waals surface area contributed by atoms with Gasteiger partial charge < -0.3 is 14.6 Å². The molecule has 0 radical (unpaired) electrons. The van der Waals surface area contributed by atoms with Crippen LogP contribution in [0.5, 0.6) is 5.75 Å². The Morgan fingerprint density at radius 3 is 2.69 bits per heavy atom. The van der Waals surface area contributed by atoms with Crippen molar-refractivity contribution in [2.75, 3.05) is 7.11 Å². The summed E-state index contributed by atoms with van der Waals surface area (Å²) in [4.78, 5) is 0. The molecule has 1 aliphatic heterocycles. The van der Waals surface area contributed by atoms with Gasteiger partial charge in [0.1, 0.15) is 11.9 Å². The van der Waals surface area contributed by atoms with Crippen molar-refractivity contribution in [2.24, 2.45) is 0 Å². The van der Waals surface area contributed by atoms with Crippen molar-refractivity contribution >= 4 is 11.6 Å². The summed E-state index contributed by atoms with van der Waals surface area (Å²) in [6.45, 7) is 3.78. The smallest absolute Gasteiger partial charge is 0.137 e. The SMILES string of the molecule is COc1ccc2c(c1Cl)[C@@H](O)[C@@H](C)O[C@H]2C. The Morgan fingerprint density at radius 1 is 1.38 bits per heavy atom. The largest absolute Gasteiger partial charge is 0.495 e. The lowest BCUT2D eigenvalue weighted by atomic mass is 9.92. The standard InChI is InChI=1S/C12H15ClO3/c1-6-8-4-5-9(15-3)11(13)10(8)12(14)7(2)16-6/h4-7,12,14H,1-3H3/t6-,7+,12-/m0/s1. The van der Waals surface area contributed by atoms with Gasteiger partial charge in [-0.3, -0.25) is 0 Å². The van der Waals surface area contributed by atoms with Gasteiger partial charge in [-0.2, -0.15) is 0 Å². The van der Waals surface area contributed by atoms with Gasteiger partial charge in [0.2, 0.25) is 0 Å². The molecule has 3 atom stereocenters. The van der Waals surface area contributed by atoms with E-state index in [0.29, 0.717) is 10.8 Å². The Morgan fingerprint density at radius 2 is 2.06 bits per heavy atom. The molecule has 0 aliphatic carbocycles. The van der Waals surface area contributed by atoms with Crippen molar-refractivity contribution < 1.29 is 14.6 Å². The highest BCUT2D eigenvalue weighted by Gasteiger charge is 2.32. The van der Waals surface area contributed by atoms with Crippen LogP contribution >= 0.6 is 11.6 Å². The Bertz CT molecular complexity index is 405. The molecule has 4 heteroatoms. The van der Waals surface area contributed by atoms with Gasteiger partial charge in [-0.05, 0) is 25.5 Å². The molecule has 2 rings (SSSR count). The molecule has 1 aromatic rings. The van der Waals surface area contributed by atoms with Crippen molar-refractivity contribution in [1.29, 1.82) is 0 Å². The number of halogens is 1. The van der Waals surface area contributed by atoms with Gasteiger partial charge in [-0.1, -0.05) is 17.7 Å². The second-order valence-corrected chi connectivity index (χ2v) is 4.39. The van der Waals surface area contributed by atoms with Crippen LogP contribution in [0.25, 0.3) is 0 Å². The summed E-state index contributed by atoms with van der Waals surface area (Å²) in [6.07, 6.45) is -1.02. The molecule has 1 aromatic carbocycles. The summed E-state index contributed by atoms with van der Waals surface area (Å²) in [6, 6.07) is 3.68. The number of methoxy groups -OCH3 is 1. The van der Waals surface area contributed by atoms with Crippen LogP contribution in [0.2, 0.25) is 5.02 Å². The third-order valence-electron chi connectivity index (χ3n) is 3.00. The van der Waals surface area contributed by atoms with E-state index in [9.17, 15) is 5.11 Å². The average molecular weight is 243 g/mol. The quantitative estimate of drug-likeness (QED) is 0.823. The molecule has 1 heterocycles. The molecule has 0 unspecified atom stereocenters. The molecule has 1 aliphatic rings. The van der Waals surface area contributed by atoms with Crippen LogP contribution in [0.15, 0.2) is 12.1 Å². The lowest BCUT2D eigenvalue weighted by molar-refractivity contribution is -0.0808. The molecule has 0 amide bonds. The fraction of sp³-hybridized carbons (Fsp3) is 0.500. The molecule has 3 nitrogen and oxygen atoms in total. The lowest BCUT2D eigenvalue weighted by Gasteiger charge is -2.33. The Kier molecular flexibility index (Phi) is 3.10. The van der Waals surface area contributed by atoms with Crippen molar-refractivity contribution in [2.45, 2.75) is 32.2 Å². The Balaban J connectivity index is 2.59. The predicted molar refractivity (Wildman–Crippen MR) is 61.9 cm³/mol. The number of rotatable bonds is 1. The van der Waals surface area contributed by atoms with Gasteiger partial charge in [0.15, 0.2) is 0 Å². The van der Waals surface area contributed by atoms with E-state index in [1.165, 1.54) is 0 Å².